The van der Waals surface area contributed by atoms with Gasteiger partial charge in [-0.2, -0.15) is 0 Å². The summed E-state index contributed by atoms with van der Waals surface area (Å²) in [5.74, 6) is 1.16. The normalized spacial score (nSPS) is 10.5. The molecule has 0 spiro atoms. The lowest BCUT2D eigenvalue weighted by molar-refractivity contribution is 0.393. The second-order valence-corrected chi connectivity index (χ2v) is 3.82. The Kier molecular flexibility index (Phi) is 2.83. The summed E-state index contributed by atoms with van der Waals surface area (Å²) in [7, 11) is 1.53. The molecular weight excluding hydrogens is 228 g/mol. The van der Waals surface area contributed by atoms with Gasteiger partial charge >= 0.3 is 0 Å². The SMILES string of the molecule is COc1ncc(-c2c(C)noc2C)cc1Cl. The quantitative estimate of drug-likeness (QED) is 0.807. The molecule has 0 fully saturated rings. The van der Waals surface area contributed by atoms with Crippen LogP contribution in [0.3, 0.4) is 0 Å². The van der Waals surface area contributed by atoms with E-state index in [-0.39, 0.29) is 0 Å². The molecule has 84 valence electrons. The van der Waals surface area contributed by atoms with E-state index in [0.717, 1.165) is 22.6 Å². The predicted molar refractivity (Wildman–Crippen MR) is 60.8 cm³/mol. The number of hydrogen-bond donors (Lipinski definition) is 0. The zero-order valence-electron chi connectivity index (χ0n) is 9.24. The average molecular weight is 239 g/mol. The van der Waals surface area contributed by atoms with Crippen LogP contribution in [0.2, 0.25) is 5.02 Å². The first-order valence-electron chi connectivity index (χ1n) is 4.76. The smallest absolute Gasteiger partial charge is 0.232 e. The third kappa shape index (κ3) is 1.76. The number of hydrogen-bond acceptors (Lipinski definition) is 4. The summed E-state index contributed by atoms with van der Waals surface area (Å²) in [6.45, 7) is 3.73. The molecule has 0 aliphatic heterocycles. The topological polar surface area (TPSA) is 48.2 Å². The first-order valence-corrected chi connectivity index (χ1v) is 5.14. The van der Waals surface area contributed by atoms with Crippen LogP contribution in [0.4, 0.5) is 0 Å². The van der Waals surface area contributed by atoms with Crippen LogP contribution in [-0.4, -0.2) is 17.3 Å². The van der Waals surface area contributed by atoms with Crippen molar-refractivity contribution in [3.8, 4) is 17.0 Å². The highest BCUT2D eigenvalue weighted by Crippen LogP contribution is 2.31. The minimum Gasteiger partial charge on any atom is -0.480 e. The molecule has 0 saturated carbocycles. The zero-order valence-corrected chi connectivity index (χ0v) is 10.00. The number of rotatable bonds is 2. The van der Waals surface area contributed by atoms with E-state index >= 15 is 0 Å². The van der Waals surface area contributed by atoms with Crippen LogP contribution in [0.25, 0.3) is 11.1 Å². The van der Waals surface area contributed by atoms with Crippen molar-refractivity contribution in [2.45, 2.75) is 13.8 Å². The number of aryl methyl sites for hydroxylation is 2. The Balaban J connectivity index is 2.53. The average Bonchev–Trinajstić information content (AvgIpc) is 2.58. The minimum absolute atomic E-state index is 0.414. The summed E-state index contributed by atoms with van der Waals surface area (Å²) in [5.41, 5.74) is 2.62. The molecule has 0 bridgehead atoms. The summed E-state index contributed by atoms with van der Waals surface area (Å²) in [4.78, 5) is 4.11. The largest absolute Gasteiger partial charge is 0.480 e. The first kappa shape index (κ1) is 11.0. The Morgan fingerprint density at radius 1 is 1.38 bits per heavy atom. The van der Waals surface area contributed by atoms with Gasteiger partial charge in [0.15, 0.2) is 0 Å². The molecule has 2 aromatic heterocycles. The summed E-state index contributed by atoms with van der Waals surface area (Å²) in [6, 6.07) is 1.79. The summed E-state index contributed by atoms with van der Waals surface area (Å²) in [5, 5.41) is 4.36. The van der Waals surface area contributed by atoms with E-state index < -0.39 is 0 Å². The first-order chi connectivity index (χ1) is 7.63. The van der Waals surface area contributed by atoms with E-state index in [2.05, 4.69) is 10.1 Å². The maximum Gasteiger partial charge on any atom is 0.232 e. The maximum absolute atomic E-state index is 6.01. The van der Waals surface area contributed by atoms with Crippen molar-refractivity contribution in [1.29, 1.82) is 0 Å². The molecule has 0 radical (unpaired) electrons. The molecule has 2 heterocycles. The van der Waals surface area contributed by atoms with Gasteiger partial charge in [-0.05, 0) is 19.9 Å². The lowest BCUT2D eigenvalue weighted by Crippen LogP contribution is -1.90. The van der Waals surface area contributed by atoms with Gasteiger partial charge in [0.1, 0.15) is 10.8 Å². The van der Waals surface area contributed by atoms with Crippen LogP contribution in [0.15, 0.2) is 16.8 Å². The molecule has 0 aliphatic carbocycles. The highest BCUT2D eigenvalue weighted by molar-refractivity contribution is 6.32. The maximum atomic E-state index is 6.01. The van der Waals surface area contributed by atoms with Gasteiger partial charge < -0.3 is 9.26 Å². The van der Waals surface area contributed by atoms with Crippen molar-refractivity contribution in [3.05, 3.63) is 28.7 Å². The lowest BCUT2D eigenvalue weighted by Gasteiger charge is -2.04. The van der Waals surface area contributed by atoms with Crippen molar-refractivity contribution in [3.63, 3.8) is 0 Å². The molecule has 5 heteroatoms. The van der Waals surface area contributed by atoms with E-state index in [4.69, 9.17) is 20.9 Å². The van der Waals surface area contributed by atoms with E-state index in [1.165, 1.54) is 7.11 Å². The van der Waals surface area contributed by atoms with Gasteiger partial charge in [-0.15, -0.1) is 0 Å². The zero-order chi connectivity index (χ0) is 11.7. The van der Waals surface area contributed by atoms with Crippen LogP contribution in [0.1, 0.15) is 11.5 Å². The molecular formula is C11H11ClN2O2. The molecule has 0 N–H and O–H groups in total. The molecule has 0 amide bonds. The molecule has 0 atom stereocenters. The number of methoxy groups -OCH3 is 1. The van der Waals surface area contributed by atoms with Crippen molar-refractivity contribution in [2.24, 2.45) is 0 Å². The Labute approximate surface area is 98.2 Å². The van der Waals surface area contributed by atoms with Crippen LogP contribution < -0.4 is 4.74 Å². The molecule has 0 aliphatic rings. The Hall–Kier alpha value is -1.55. The molecule has 4 nitrogen and oxygen atoms in total. The fourth-order valence-electron chi connectivity index (χ4n) is 1.61. The monoisotopic (exact) mass is 238 g/mol. The molecule has 2 rings (SSSR count). The van der Waals surface area contributed by atoms with Crippen LogP contribution in [-0.2, 0) is 0 Å². The second kappa shape index (κ2) is 4.14. The molecule has 0 unspecified atom stereocenters. The van der Waals surface area contributed by atoms with E-state index in [9.17, 15) is 0 Å². The predicted octanol–water partition coefficient (Wildman–Crippen LogP) is 3.02. The number of pyridine rings is 1. The highest BCUT2D eigenvalue weighted by Gasteiger charge is 2.13. The molecule has 0 saturated heterocycles. The summed E-state index contributed by atoms with van der Waals surface area (Å²) >= 11 is 6.01. The van der Waals surface area contributed by atoms with E-state index in [1.54, 1.807) is 12.3 Å². The molecule has 2 aromatic rings. The van der Waals surface area contributed by atoms with Crippen LogP contribution in [0, 0.1) is 13.8 Å². The number of aromatic nitrogens is 2. The standard InChI is InChI=1S/C11H11ClN2O2/c1-6-10(7(2)16-14-6)8-4-9(12)11(15-3)13-5-8/h4-5H,1-3H3. The van der Waals surface area contributed by atoms with E-state index in [0.29, 0.717) is 10.9 Å². The van der Waals surface area contributed by atoms with Gasteiger partial charge in [-0.1, -0.05) is 16.8 Å². The van der Waals surface area contributed by atoms with Gasteiger partial charge in [0, 0.05) is 17.3 Å². The second-order valence-electron chi connectivity index (χ2n) is 3.41. The van der Waals surface area contributed by atoms with Crippen molar-refractivity contribution < 1.29 is 9.26 Å². The molecule has 16 heavy (non-hydrogen) atoms. The van der Waals surface area contributed by atoms with Gasteiger partial charge in [0.05, 0.1) is 12.8 Å². The Bertz CT molecular complexity index is 503. The Morgan fingerprint density at radius 3 is 2.62 bits per heavy atom. The fourth-order valence-corrected chi connectivity index (χ4v) is 1.85. The summed E-state index contributed by atoms with van der Waals surface area (Å²) in [6.07, 6.45) is 1.69. The third-order valence-electron chi connectivity index (χ3n) is 2.32. The van der Waals surface area contributed by atoms with Gasteiger partial charge in [0.25, 0.3) is 0 Å². The van der Waals surface area contributed by atoms with Gasteiger partial charge in [-0.25, -0.2) is 4.98 Å². The number of ether oxygens (including phenoxy) is 1. The van der Waals surface area contributed by atoms with E-state index in [1.807, 2.05) is 13.8 Å². The Morgan fingerprint density at radius 2 is 2.12 bits per heavy atom. The number of halogens is 1. The highest BCUT2D eigenvalue weighted by atomic mass is 35.5. The third-order valence-corrected chi connectivity index (χ3v) is 2.59. The van der Waals surface area contributed by atoms with Crippen molar-refractivity contribution in [1.82, 2.24) is 10.1 Å². The minimum atomic E-state index is 0.414. The lowest BCUT2D eigenvalue weighted by atomic mass is 10.1. The molecule has 0 aromatic carbocycles. The summed E-state index contributed by atoms with van der Waals surface area (Å²) < 4.78 is 10.1. The van der Waals surface area contributed by atoms with Crippen LogP contribution in [0.5, 0.6) is 5.88 Å². The van der Waals surface area contributed by atoms with Gasteiger partial charge in [0.2, 0.25) is 5.88 Å². The van der Waals surface area contributed by atoms with Crippen LogP contribution >= 0.6 is 11.6 Å². The number of nitrogens with zero attached hydrogens (tertiary/aromatic N) is 2. The van der Waals surface area contributed by atoms with Crippen molar-refractivity contribution >= 4 is 11.6 Å². The van der Waals surface area contributed by atoms with Crippen molar-refractivity contribution in [2.75, 3.05) is 7.11 Å². The van der Waals surface area contributed by atoms with Gasteiger partial charge in [-0.3, -0.25) is 0 Å². The fraction of sp³-hybridized carbons (Fsp3) is 0.273.